The van der Waals surface area contributed by atoms with E-state index in [0.717, 1.165) is 37.8 Å². The Morgan fingerprint density at radius 1 is 1.25 bits per heavy atom. The van der Waals surface area contributed by atoms with Gasteiger partial charge in [0, 0.05) is 18.0 Å². The topological polar surface area (TPSA) is 22.1 Å². The van der Waals surface area contributed by atoms with Gasteiger partial charge < -0.3 is 4.74 Å². The molecule has 0 amide bonds. The van der Waals surface area contributed by atoms with E-state index in [0.29, 0.717) is 5.02 Å². The summed E-state index contributed by atoms with van der Waals surface area (Å²) in [7, 11) is 0. The van der Waals surface area contributed by atoms with Crippen molar-refractivity contribution in [3.05, 3.63) is 81.0 Å². The molecular weight excluding hydrogens is 433 g/mol. The largest absolute Gasteiger partial charge is 0.482 e. The Morgan fingerprint density at radius 2 is 2.00 bits per heavy atom. The summed E-state index contributed by atoms with van der Waals surface area (Å²) in [5.74, 6) is 0.769. The maximum absolute atomic E-state index is 6.42. The first kappa shape index (κ1) is 17.2. The van der Waals surface area contributed by atoms with Gasteiger partial charge >= 0.3 is 0 Å². The van der Waals surface area contributed by atoms with Crippen LogP contribution in [0.1, 0.15) is 25.0 Å². The summed E-state index contributed by atoms with van der Waals surface area (Å²) < 4.78 is 7.37. The molecule has 4 heteroatoms. The zero-order chi connectivity index (χ0) is 17.1. The van der Waals surface area contributed by atoms with Crippen LogP contribution in [-0.2, 0) is 0 Å². The van der Waals surface area contributed by atoms with Crippen molar-refractivity contribution in [3.8, 4) is 5.75 Å². The van der Waals surface area contributed by atoms with E-state index in [-0.39, 0.29) is 6.10 Å². The molecule has 1 aromatic heterocycles. The summed E-state index contributed by atoms with van der Waals surface area (Å²) in [5.41, 5.74) is 2.98. The fraction of sp³-hybridized carbons (Fsp3) is 0.150. The molecule has 0 aliphatic heterocycles. The molecule has 0 fully saturated rings. The van der Waals surface area contributed by atoms with Gasteiger partial charge in [-0.3, -0.25) is 4.98 Å². The van der Waals surface area contributed by atoms with Crippen LogP contribution < -0.4 is 4.74 Å². The van der Waals surface area contributed by atoms with Gasteiger partial charge in [0.1, 0.15) is 11.6 Å². The van der Waals surface area contributed by atoms with Gasteiger partial charge in [0.15, 0.2) is 5.75 Å². The van der Waals surface area contributed by atoms with E-state index in [1.807, 2.05) is 43.3 Å². The number of benzene rings is 2. The lowest BCUT2D eigenvalue weighted by Crippen LogP contribution is -2.09. The molecule has 1 heterocycles. The van der Waals surface area contributed by atoms with Crippen LogP contribution >= 0.6 is 34.2 Å². The molecule has 0 aliphatic rings. The van der Waals surface area contributed by atoms with E-state index in [1.54, 1.807) is 6.20 Å². The highest BCUT2D eigenvalue weighted by Gasteiger charge is 2.19. The van der Waals surface area contributed by atoms with Gasteiger partial charge in [-0.15, -0.1) is 0 Å². The lowest BCUT2D eigenvalue weighted by Gasteiger charge is -2.22. The van der Waals surface area contributed by atoms with Crippen molar-refractivity contribution in [1.29, 1.82) is 0 Å². The van der Waals surface area contributed by atoms with Crippen molar-refractivity contribution < 1.29 is 4.74 Å². The number of rotatable bonds is 5. The second-order valence-corrected chi connectivity index (χ2v) is 7.32. The third-order valence-electron chi connectivity index (χ3n) is 3.72. The molecule has 24 heavy (non-hydrogen) atoms. The summed E-state index contributed by atoms with van der Waals surface area (Å²) in [5, 5.41) is 1.59. The van der Waals surface area contributed by atoms with Crippen LogP contribution in [0.4, 0.5) is 0 Å². The van der Waals surface area contributed by atoms with E-state index in [1.165, 1.54) is 0 Å². The van der Waals surface area contributed by atoms with Crippen LogP contribution in [0, 0.1) is 3.57 Å². The van der Waals surface area contributed by atoms with Crippen molar-refractivity contribution in [2.75, 3.05) is 0 Å². The fourth-order valence-electron chi connectivity index (χ4n) is 2.61. The highest BCUT2D eigenvalue weighted by Crippen LogP contribution is 2.38. The molecule has 0 radical (unpaired) electrons. The van der Waals surface area contributed by atoms with Crippen molar-refractivity contribution in [1.82, 2.24) is 4.98 Å². The van der Waals surface area contributed by atoms with Crippen LogP contribution in [0.5, 0.6) is 5.75 Å². The number of ether oxygens (including phenoxy) is 1. The summed E-state index contributed by atoms with van der Waals surface area (Å²) in [6.07, 6.45) is 2.40. The van der Waals surface area contributed by atoms with Crippen LogP contribution in [0.2, 0.25) is 5.02 Å². The Balaban J connectivity index is 2.07. The van der Waals surface area contributed by atoms with Gasteiger partial charge in [0.2, 0.25) is 0 Å². The molecule has 0 saturated heterocycles. The maximum Gasteiger partial charge on any atom is 0.159 e. The first-order valence-corrected chi connectivity index (χ1v) is 9.10. The Bertz CT molecular complexity index is 879. The second-order valence-electron chi connectivity index (χ2n) is 5.75. The molecule has 1 atom stereocenters. The van der Waals surface area contributed by atoms with Crippen LogP contribution in [-0.4, -0.2) is 4.98 Å². The number of aromatic nitrogens is 1. The normalized spacial score (nSPS) is 12.1. The van der Waals surface area contributed by atoms with Crippen molar-refractivity contribution in [2.45, 2.75) is 19.4 Å². The first-order valence-electron chi connectivity index (χ1n) is 7.65. The average molecular weight is 450 g/mol. The molecule has 0 saturated carbocycles. The predicted octanol–water partition coefficient (Wildman–Crippen LogP) is 6.58. The minimum absolute atomic E-state index is 0.108. The predicted molar refractivity (Wildman–Crippen MR) is 109 cm³/mol. The zero-order valence-corrected chi connectivity index (χ0v) is 16.2. The van der Waals surface area contributed by atoms with E-state index in [4.69, 9.17) is 16.3 Å². The fourth-order valence-corrected chi connectivity index (χ4v) is 3.75. The summed E-state index contributed by atoms with van der Waals surface area (Å²) in [6, 6.07) is 16.0. The molecule has 0 spiro atoms. The number of hydrogen-bond acceptors (Lipinski definition) is 2. The van der Waals surface area contributed by atoms with Crippen LogP contribution in [0.25, 0.3) is 10.9 Å². The molecule has 0 N–H and O–H groups in total. The lowest BCUT2D eigenvalue weighted by molar-refractivity contribution is 0.207. The Morgan fingerprint density at radius 3 is 2.71 bits per heavy atom. The number of fused-ring (bicyclic) bond motifs is 1. The monoisotopic (exact) mass is 449 g/mol. The van der Waals surface area contributed by atoms with Crippen molar-refractivity contribution >= 4 is 45.1 Å². The number of nitrogens with zero attached hydrogens (tertiary/aromatic N) is 1. The smallest absolute Gasteiger partial charge is 0.159 e. The van der Waals surface area contributed by atoms with Gasteiger partial charge in [-0.25, -0.2) is 0 Å². The number of pyridine rings is 1. The molecule has 3 aromatic rings. The quantitative estimate of drug-likeness (QED) is 0.324. The minimum atomic E-state index is -0.108. The van der Waals surface area contributed by atoms with E-state index in [9.17, 15) is 0 Å². The summed E-state index contributed by atoms with van der Waals surface area (Å²) >= 11 is 8.61. The molecular formula is C20H17ClINO. The van der Waals surface area contributed by atoms with E-state index in [2.05, 4.69) is 46.3 Å². The van der Waals surface area contributed by atoms with Gasteiger partial charge in [0.25, 0.3) is 0 Å². The molecule has 3 rings (SSSR count). The second kappa shape index (κ2) is 7.53. The Kier molecular flexibility index (Phi) is 5.41. The minimum Gasteiger partial charge on any atom is -0.482 e. The molecule has 2 aromatic carbocycles. The van der Waals surface area contributed by atoms with Crippen LogP contribution in [0.15, 0.2) is 66.9 Å². The van der Waals surface area contributed by atoms with Crippen LogP contribution in [0.3, 0.4) is 0 Å². The third kappa shape index (κ3) is 3.73. The summed E-state index contributed by atoms with van der Waals surface area (Å²) in [6.45, 7) is 6.06. The third-order valence-corrected chi connectivity index (χ3v) is 4.83. The standard InChI is InChI=1S/C20H17ClINO/c1-13(2)11-18(14-7-4-3-5-8-14)24-20-17(22)12-16(21)15-9-6-10-23-19(15)20/h3-10,12,18H,1,11H2,2H3. The Labute approximate surface area is 160 Å². The van der Waals surface area contributed by atoms with Gasteiger partial charge in [-0.2, -0.15) is 0 Å². The summed E-state index contributed by atoms with van der Waals surface area (Å²) in [4.78, 5) is 4.49. The molecule has 0 bridgehead atoms. The number of hydrogen-bond donors (Lipinski definition) is 0. The number of halogens is 2. The SMILES string of the molecule is C=C(C)CC(Oc1c(I)cc(Cl)c2cccnc12)c1ccccc1. The maximum atomic E-state index is 6.42. The van der Waals surface area contributed by atoms with Gasteiger partial charge in [-0.05, 0) is 53.3 Å². The van der Waals surface area contributed by atoms with E-state index < -0.39 is 0 Å². The highest BCUT2D eigenvalue weighted by molar-refractivity contribution is 14.1. The zero-order valence-electron chi connectivity index (χ0n) is 13.3. The highest BCUT2D eigenvalue weighted by atomic mass is 127. The van der Waals surface area contributed by atoms with Gasteiger partial charge in [-0.1, -0.05) is 54.1 Å². The molecule has 0 aliphatic carbocycles. The molecule has 122 valence electrons. The van der Waals surface area contributed by atoms with E-state index >= 15 is 0 Å². The van der Waals surface area contributed by atoms with Gasteiger partial charge in [0.05, 0.1) is 8.59 Å². The Hall–Kier alpha value is -1.59. The lowest BCUT2D eigenvalue weighted by atomic mass is 10.0. The van der Waals surface area contributed by atoms with Crippen molar-refractivity contribution in [3.63, 3.8) is 0 Å². The van der Waals surface area contributed by atoms with Crippen molar-refractivity contribution in [2.24, 2.45) is 0 Å². The molecule has 1 unspecified atom stereocenters. The average Bonchev–Trinajstić information content (AvgIpc) is 2.58. The first-order chi connectivity index (χ1) is 11.6. The molecule has 2 nitrogen and oxygen atoms in total.